The summed E-state index contributed by atoms with van der Waals surface area (Å²) in [6.07, 6.45) is 3.04. The Bertz CT molecular complexity index is 509. The van der Waals surface area contributed by atoms with E-state index in [0.29, 0.717) is 17.8 Å². The van der Waals surface area contributed by atoms with Gasteiger partial charge in [-0.25, -0.2) is 4.98 Å². The van der Waals surface area contributed by atoms with Crippen LogP contribution in [0.2, 0.25) is 0 Å². The van der Waals surface area contributed by atoms with E-state index in [1.165, 1.54) is 6.33 Å². The van der Waals surface area contributed by atoms with Crippen molar-refractivity contribution in [2.75, 3.05) is 12.3 Å². The van der Waals surface area contributed by atoms with Crippen molar-refractivity contribution in [1.82, 2.24) is 20.5 Å². The third kappa shape index (κ3) is 3.31. The lowest BCUT2D eigenvalue weighted by Crippen LogP contribution is -2.24. The summed E-state index contributed by atoms with van der Waals surface area (Å²) in [6.45, 7) is 0.592. The zero-order chi connectivity index (χ0) is 12.8. The Morgan fingerprint density at radius 1 is 1.44 bits per heavy atom. The summed E-state index contributed by atoms with van der Waals surface area (Å²) >= 11 is 0. The molecule has 6 heteroatoms. The van der Waals surface area contributed by atoms with Gasteiger partial charge in [-0.2, -0.15) is 5.10 Å². The molecule has 4 N–H and O–H groups in total. The van der Waals surface area contributed by atoms with Gasteiger partial charge in [0.25, 0.3) is 5.91 Å². The number of nitrogens with one attached hydrogen (secondary N) is 2. The predicted molar refractivity (Wildman–Crippen MR) is 67.9 cm³/mol. The Morgan fingerprint density at radius 2 is 2.33 bits per heavy atom. The van der Waals surface area contributed by atoms with Crippen LogP contribution >= 0.6 is 0 Å². The quantitative estimate of drug-likeness (QED) is 0.535. The zero-order valence-corrected chi connectivity index (χ0v) is 9.89. The van der Waals surface area contributed by atoms with E-state index in [1.807, 2.05) is 0 Å². The van der Waals surface area contributed by atoms with Crippen LogP contribution in [0.5, 0.6) is 0 Å². The summed E-state index contributed by atoms with van der Waals surface area (Å²) in [6, 6.07) is 6.91. The van der Waals surface area contributed by atoms with Crippen LogP contribution in [0.4, 0.5) is 5.69 Å². The lowest BCUT2D eigenvalue weighted by Gasteiger charge is -2.05. The lowest BCUT2D eigenvalue weighted by molar-refractivity contribution is 0.0953. The predicted octanol–water partition coefficient (Wildman–Crippen LogP) is 0.749. The van der Waals surface area contributed by atoms with Crippen LogP contribution in [0.3, 0.4) is 0 Å². The molecule has 0 unspecified atom stereocenters. The van der Waals surface area contributed by atoms with Crippen LogP contribution in [-0.4, -0.2) is 27.6 Å². The van der Waals surface area contributed by atoms with Gasteiger partial charge in [0.1, 0.15) is 12.2 Å². The number of hydrogen-bond donors (Lipinski definition) is 3. The van der Waals surface area contributed by atoms with Crippen molar-refractivity contribution >= 4 is 11.6 Å². The van der Waals surface area contributed by atoms with E-state index in [9.17, 15) is 4.79 Å². The first-order valence-electron chi connectivity index (χ1n) is 5.73. The van der Waals surface area contributed by atoms with Crippen molar-refractivity contribution in [3.63, 3.8) is 0 Å². The third-order valence-electron chi connectivity index (χ3n) is 2.49. The number of amides is 1. The Kier molecular flexibility index (Phi) is 3.90. The largest absolute Gasteiger partial charge is 0.399 e. The first kappa shape index (κ1) is 12.1. The number of nitrogen functional groups attached to an aromatic ring is 1. The highest BCUT2D eigenvalue weighted by Crippen LogP contribution is 2.06. The molecule has 0 radical (unpaired) electrons. The van der Waals surface area contributed by atoms with Gasteiger partial charge in [-0.1, -0.05) is 6.07 Å². The average molecular weight is 245 g/mol. The summed E-state index contributed by atoms with van der Waals surface area (Å²) in [5.41, 5.74) is 6.78. The molecule has 1 heterocycles. The number of aryl methyl sites for hydroxylation is 1. The van der Waals surface area contributed by atoms with Gasteiger partial charge in [0.15, 0.2) is 0 Å². The fraction of sp³-hybridized carbons (Fsp3) is 0.250. The van der Waals surface area contributed by atoms with E-state index in [1.54, 1.807) is 24.3 Å². The molecule has 1 aromatic carbocycles. The van der Waals surface area contributed by atoms with E-state index < -0.39 is 0 Å². The Hall–Kier alpha value is -2.37. The zero-order valence-electron chi connectivity index (χ0n) is 9.89. The molecule has 0 aliphatic rings. The van der Waals surface area contributed by atoms with Gasteiger partial charge in [-0.15, -0.1) is 0 Å². The molecule has 18 heavy (non-hydrogen) atoms. The second-order valence-corrected chi connectivity index (χ2v) is 3.92. The number of nitrogens with two attached hydrogens (primary N) is 1. The van der Waals surface area contributed by atoms with Gasteiger partial charge in [-0.3, -0.25) is 9.89 Å². The maximum absolute atomic E-state index is 11.8. The van der Waals surface area contributed by atoms with Crippen LogP contribution in [0.1, 0.15) is 22.6 Å². The summed E-state index contributed by atoms with van der Waals surface area (Å²) in [5.74, 6) is 0.716. The number of anilines is 1. The first-order valence-corrected chi connectivity index (χ1v) is 5.73. The third-order valence-corrected chi connectivity index (χ3v) is 2.49. The number of rotatable bonds is 5. The van der Waals surface area contributed by atoms with Gasteiger partial charge in [-0.05, 0) is 24.6 Å². The highest BCUT2D eigenvalue weighted by molar-refractivity contribution is 5.94. The summed E-state index contributed by atoms with van der Waals surface area (Å²) in [4.78, 5) is 15.8. The monoisotopic (exact) mass is 245 g/mol. The summed E-state index contributed by atoms with van der Waals surface area (Å²) in [7, 11) is 0. The van der Waals surface area contributed by atoms with Crippen molar-refractivity contribution in [3.05, 3.63) is 42.0 Å². The van der Waals surface area contributed by atoms with E-state index in [-0.39, 0.29) is 5.91 Å². The molecule has 94 valence electrons. The van der Waals surface area contributed by atoms with Gasteiger partial charge in [0.2, 0.25) is 0 Å². The van der Waals surface area contributed by atoms with Crippen LogP contribution in [0, 0.1) is 0 Å². The molecule has 2 rings (SSSR count). The number of aromatic amines is 1. The number of H-pyrrole nitrogens is 1. The van der Waals surface area contributed by atoms with Crippen LogP contribution in [0.25, 0.3) is 0 Å². The van der Waals surface area contributed by atoms with E-state index >= 15 is 0 Å². The summed E-state index contributed by atoms with van der Waals surface area (Å²) < 4.78 is 0. The molecular weight excluding hydrogens is 230 g/mol. The molecule has 0 saturated carbocycles. The first-order chi connectivity index (χ1) is 8.75. The molecule has 0 spiro atoms. The van der Waals surface area contributed by atoms with Crippen LogP contribution < -0.4 is 11.1 Å². The Balaban J connectivity index is 1.75. The normalized spacial score (nSPS) is 10.2. The molecule has 0 bridgehead atoms. The second-order valence-electron chi connectivity index (χ2n) is 3.92. The summed E-state index contributed by atoms with van der Waals surface area (Å²) in [5, 5.41) is 9.36. The van der Waals surface area contributed by atoms with E-state index in [4.69, 9.17) is 5.73 Å². The van der Waals surface area contributed by atoms with Gasteiger partial charge >= 0.3 is 0 Å². The molecule has 0 atom stereocenters. The van der Waals surface area contributed by atoms with Gasteiger partial charge in [0.05, 0.1) is 0 Å². The fourth-order valence-corrected chi connectivity index (χ4v) is 1.59. The maximum Gasteiger partial charge on any atom is 0.251 e. The van der Waals surface area contributed by atoms with Crippen LogP contribution in [0.15, 0.2) is 30.6 Å². The topological polar surface area (TPSA) is 96.7 Å². The van der Waals surface area contributed by atoms with Crippen molar-refractivity contribution < 1.29 is 4.79 Å². The molecular formula is C12H15N5O. The van der Waals surface area contributed by atoms with E-state index in [0.717, 1.165) is 18.7 Å². The highest BCUT2D eigenvalue weighted by Gasteiger charge is 2.04. The lowest BCUT2D eigenvalue weighted by atomic mass is 10.2. The number of carbonyl (C=O) groups excluding carboxylic acids is 1. The van der Waals surface area contributed by atoms with Crippen molar-refractivity contribution in [2.24, 2.45) is 0 Å². The van der Waals surface area contributed by atoms with E-state index in [2.05, 4.69) is 20.5 Å². The smallest absolute Gasteiger partial charge is 0.251 e. The number of hydrogen-bond acceptors (Lipinski definition) is 4. The average Bonchev–Trinajstić information content (AvgIpc) is 2.87. The Labute approximate surface area is 105 Å². The molecule has 0 aliphatic heterocycles. The van der Waals surface area contributed by atoms with Gasteiger partial charge < -0.3 is 11.1 Å². The minimum atomic E-state index is -0.111. The molecule has 0 aliphatic carbocycles. The minimum Gasteiger partial charge on any atom is -0.399 e. The van der Waals surface area contributed by atoms with Crippen molar-refractivity contribution in [1.29, 1.82) is 0 Å². The number of benzene rings is 1. The maximum atomic E-state index is 11.8. The van der Waals surface area contributed by atoms with Gasteiger partial charge in [0, 0.05) is 24.2 Å². The molecule has 2 aromatic rings. The standard InChI is InChI=1S/C12H15N5O/c13-10-4-1-3-9(7-10)12(18)14-6-2-5-11-15-8-16-17-11/h1,3-4,7-8H,2,5-6,13H2,(H,14,18)(H,15,16,17). The number of nitrogens with zero attached hydrogens (tertiary/aromatic N) is 2. The SMILES string of the molecule is Nc1cccc(C(=O)NCCCc2ncn[nH]2)c1. The van der Waals surface area contributed by atoms with Crippen molar-refractivity contribution in [3.8, 4) is 0 Å². The van der Waals surface area contributed by atoms with Crippen LogP contribution in [-0.2, 0) is 6.42 Å². The molecule has 0 saturated heterocycles. The molecule has 0 fully saturated rings. The molecule has 1 amide bonds. The molecule has 1 aromatic heterocycles. The number of carbonyl (C=O) groups is 1. The highest BCUT2D eigenvalue weighted by atomic mass is 16.1. The minimum absolute atomic E-state index is 0.111. The number of aromatic nitrogens is 3. The Morgan fingerprint density at radius 3 is 3.06 bits per heavy atom. The van der Waals surface area contributed by atoms with Crippen molar-refractivity contribution in [2.45, 2.75) is 12.8 Å². The fourth-order valence-electron chi connectivity index (χ4n) is 1.59. The second kappa shape index (κ2) is 5.81. The molecule has 6 nitrogen and oxygen atoms in total.